The van der Waals surface area contributed by atoms with E-state index in [9.17, 15) is 42.3 Å². The van der Waals surface area contributed by atoms with Gasteiger partial charge in [-0.05, 0) is 43.9 Å². The molecule has 1 fully saturated rings. The molecule has 0 radical (unpaired) electrons. The fourth-order valence-electron chi connectivity index (χ4n) is 3.52. The van der Waals surface area contributed by atoms with Crippen molar-refractivity contribution in [3.63, 3.8) is 0 Å². The van der Waals surface area contributed by atoms with Gasteiger partial charge >= 0.3 is 81.6 Å². The zero-order valence-corrected chi connectivity index (χ0v) is 23.9. The first kappa shape index (κ1) is 37.1. The molecule has 0 saturated carbocycles. The van der Waals surface area contributed by atoms with Crippen molar-refractivity contribution in [1.82, 2.24) is 4.90 Å². The predicted octanol–water partition coefficient (Wildman–Crippen LogP) is 0.529. The van der Waals surface area contributed by atoms with Gasteiger partial charge in [0.1, 0.15) is 18.6 Å². The molecule has 1 aromatic carbocycles. The fourth-order valence-corrected chi connectivity index (χ4v) is 3.52. The number of ether oxygens (including phenoxy) is 1. The zero-order valence-electron chi connectivity index (χ0n) is 20.8. The van der Waals surface area contributed by atoms with Gasteiger partial charge in [-0.1, -0.05) is 12.1 Å². The summed E-state index contributed by atoms with van der Waals surface area (Å²) in [4.78, 5) is 55.4. The average molecular weight is 560 g/mol. The topological polar surface area (TPSA) is 159 Å². The van der Waals surface area contributed by atoms with E-state index in [0.29, 0.717) is 12.0 Å². The summed E-state index contributed by atoms with van der Waals surface area (Å²) in [6.45, 7) is 1.92. The number of amides is 1. The van der Waals surface area contributed by atoms with Crippen LogP contribution in [-0.4, -0.2) is 69.2 Å². The minimum atomic E-state index is -4.44. The Balaban J connectivity index is 0. The Morgan fingerprint density at radius 2 is 1.54 bits per heavy atom. The first-order valence-corrected chi connectivity index (χ1v) is 10.5. The number of rotatable bonds is 8. The van der Waals surface area contributed by atoms with Gasteiger partial charge in [0.25, 0.3) is 0 Å². The van der Waals surface area contributed by atoms with Gasteiger partial charge in [-0.25, -0.2) is 4.79 Å². The SMILES string of the molecule is CCOC(=O)CC(=O)[C@@H]1CCN(C(=O)O)[C@@H](Cc2ccc(C(F)(F)F)cc2)C1.O=C(O)CC(=O)O.[CH3-].[K+]. The van der Waals surface area contributed by atoms with Crippen LogP contribution in [0.15, 0.2) is 24.3 Å². The van der Waals surface area contributed by atoms with Gasteiger partial charge in [-0.3, -0.25) is 19.2 Å². The second kappa shape index (κ2) is 17.5. The number of carbonyl (C=O) groups is 5. The molecule has 0 bridgehead atoms. The van der Waals surface area contributed by atoms with Crippen LogP contribution in [0.5, 0.6) is 0 Å². The van der Waals surface area contributed by atoms with Crippen LogP contribution in [0.4, 0.5) is 18.0 Å². The Morgan fingerprint density at radius 3 is 1.95 bits per heavy atom. The van der Waals surface area contributed by atoms with E-state index in [2.05, 4.69) is 0 Å². The quantitative estimate of drug-likeness (QED) is 0.179. The summed E-state index contributed by atoms with van der Waals surface area (Å²) in [7, 11) is 0. The number of hydrogen-bond donors (Lipinski definition) is 3. The molecule has 1 amide bonds. The van der Waals surface area contributed by atoms with Gasteiger partial charge in [-0.2, -0.15) is 13.2 Å². The van der Waals surface area contributed by atoms with E-state index < -0.39 is 54.1 Å². The number of ketones is 1. The molecule has 1 heterocycles. The normalized spacial score (nSPS) is 16.6. The number of halogens is 3. The number of nitrogens with zero attached hydrogens (tertiary/aromatic N) is 1. The van der Waals surface area contributed by atoms with Crippen molar-refractivity contribution in [3.05, 3.63) is 42.8 Å². The van der Waals surface area contributed by atoms with Gasteiger partial charge in [-0.15, -0.1) is 0 Å². The molecule has 1 saturated heterocycles. The molecule has 3 N–H and O–H groups in total. The number of carbonyl (C=O) groups excluding carboxylic acids is 2. The van der Waals surface area contributed by atoms with Crippen LogP contribution in [0.3, 0.4) is 0 Å². The van der Waals surface area contributed by atoms with Crippen LogP contribution in [0.2, 0.25) is 0 Å². The summed E-state index contributed by atoms with van der Waals surface area (Å²) >= 11 is 0. The van der Waals surface area contributed by atoms with Crippen molar-refractivity contribution in [2.45, 2.75) is 51.2 Å². The Bertz CT molecular complexity index is 911. The molecular weight excluding hydrogens is 530 g/mol. The molecular formula is C23H29F3KNO9. The Hall–Kier alpha value is -2.00. The van der Waals surface area contributed by atoms with E-state index in [4.69, 9.17) is 14.9 Å². The predicted molar refractivity (Wildman–Crippen MR) is 119 cm³/mol. The Kier molecular flexibility index (Phi) is 17.6. The molecule has 0 unspecified atom stereocenters. The summed E-state index contributed by atoms with van der Waals surface area (Å²) in [5.41, 5.74) is -0.236. The van der Waals surface area contributed by atoms with Gasteiger partial charge in [0.05, 0.1) is 12.2 Å². The van der Waals surface area contributed by atoms with Crippen molar-refractivity contribution in [3.8, 4) is 0 Å². The third kappa shape index (κ3) is 13.9. The molecule has 202 valence electrons. The number of Topliss-reactive ketones (excluding diaryl/α,β-unsaturated/α-hetero) is 1. The van der Waals surface area contributed by atoms with Crippen molar-refractivity contribution >= 4 is 29.8 Å². The maximum absolute atomic E-state index is 12.7. The smallest absolute Gasteiger partial charge is 0.481 e. The molecule has 2 rings (SSSR count). The van der Waals surface area contributed by atoms with Crippen LogP contribution in [-0.2, 0) is 36.5 Å². The van der Waals surface area contributed by atoms with Crippen molar-refractivity contribution in [2.75, 3.05) is 13.2 Å². The molecule has 1 aliphatic heterocycles. The van der Waals surface area contributed by atoms with Crippen molar-refractivity contribution in [2.24, 2.45) is 5.92 Å². The van der Waals surface area contributed by atoms with Gasteiger partial charge in [0.15, 0.2) is 0 Å². The third-order valence-electron chi connectivity index (χ3n) is 5.10. The number of esters is 1. The zero-order chi connectivity index (χ0) is 26.8. The number of likely N-dealkylation sites (tertiary alicyclic amines) is 1. The molecule has 0 aliphatic carbocycles. The summed E-state index contributed by atoms with van der Waals surface area (Å²) in [6.07, 6.45) is -6.06. The Labute approximate surface area is 254 Å². The standard InChI is InChI=1S/C19H22F3NO5.C3H4O4.CH3.K/c1-2-28-17(25)11-16(24)13-7-8-23(18(26)27)15(10-13)9-12-3-5-14(6-4-12)19(20,21)22;4-2(5)1-3(6)7;;/h3-6,13,15H,2,7-11H2,1H3,(H,26,27);1H2,(H,4,5)(H,6,7);1H3;/q;;-1;+1/t13-,15+;;;/m1.../s1. The summed E-state index contributed by atoms with van der Waals surface area (Å²) in [5, 5.41) is 24.8. The molecule has 10 nitrogen and oxygen atoms in total. The number of aliphatic carboxylic acids is 2. The van der Waals surface area contributed by atoms with E-state index in [-0.39, 0.29) is 97.0 Å². The van der Waals surface area contributed by atoms with Gasteiger partial charge in [0, 0.05) is 18.5 Å². The molecule has 14 heteroatoms. The summed E-state index contributed by atoms with van der Waals surface area (Å²) in [5.74, 6) is -4.03. The van der Waals surface area contributed by atoms with Crippen LogP contribution < -0.4 is 51.4 Å². The molecule has 1 aromatic rings. The van der Waals surface area contributed by atoms with Crippen LogP contribution >= 0.6 is 0 Å². The van der Waals surface area contributed by atoms with Gasteiger partial charge < -0.3 is 32.4 Å². The van der Waals surface area contributed by atoms with E-state index in [0.717, 1.165) is 12.1 Å². The maximum Gasteiger partial charge on any atom is 1.00 e. The number of benzene rings is 1. The maximum atomic E-state index is 12.7. The van der Waals surface area contributed by atoms with Crippen LogP contribution in [0.25, 0.3) is 0 Å². The van der Waals surface area contributed by atoms with E-state index in [1.165, 1.54) is 17.0 Å². The largest absolute Gasteiger partial charge is 1.00 e. The minimum Gasteiger partial charge on any atom is -0.481 e. The molecule has 2 atom stereocenters. The summed E-state index contributed by atoms with van der Waals surface area (Å²) < 4.78 is 42.8. The fraction of sp³-hybridized carbons (Fsp3) is 0.478. The third-order valence-corrected chi connectivity index (χ3v) is 5.10. The number of carboxylic acids is 2. The second-order valence-corrected chi connectivity index (χ2v) is 7.66. The number of hydrogen-bond acceptors (Lipinski definition) is 6. The van der Waals surface area contributed by atoms with E-state index >= 15 is 0 Å². The first-order chi connectivity index (χ1) is 16.2. The average Bonchev–Trinajstić information content (AvgIpc) is 2.72. The summed E-state index contributed by atoms with van der Waals surface area (Å²) in [6, 6.07) is 3.97. The van der Waals surface area contributed by atoms with E-state index in [1.54, 1.807) is 6.92 Å². The molecule has 0 spiro atoms. The van der Waals surface area contributed by atoms with Crippen molar-refractivity contribution in [1.29, 1.82) is 0 Å². The van der Waals surface area contributed by atoms with Crippen molar-refractivity contribution < 1.29 is 109 Å². The number of piperidine rings is 1. The minimum absolute atomic E-state index is 0. The first-order valence-electron chi connectivity index (χ1n) is 10.5. The van der Waals surface area contributed by atoms with E-state index in [1.807, 2.05) is 0 Å². The number of carboxylic acid groups (broad SMARTS) is 3. The van der Waals surface area contributed by atoms with Crippen LogP contribution in [0, 0.1) is 13.3 Å². The molecule has 1 aliphatic rings. The van der Waals surface area contributed by atoms with Gasteiger partial charge in [0.2, 0.25) is 0 Å². The molecule has 37 heavy (non-hydrogen) atoms. The second-order valence-electron chi connectivity index (χ2n) is 7.66. The Morgan fingerprint density at radius 1 is 1.00 bits per heavy atom. The molecule has 0 aromatic heterocycles. The van der Waals surface area contributed by atoms with Crippen LogP contribution in [0.1, 0.15) is 43.7 Å². The number of alkyl halides is 3. The monoisotopic (exact) mass is 559 g/mol.